The van der Waals surface area contributed by atoms with Crippen LogP contribution < -0.4 is 15.2 Å². The van der Waals surface area contributed by atoms with Crippen molar-refractivity contribution in [2.24, 2.45) is 5.73 Å². The summed E-state index contributed by atoms with van der Waals surface area (Å²) in [4.78, 5) is 0. The van der Waals surface area contributed by atoms with Crippen LogP contribution in [0, 0.1) is 0 Å². The van der Waals surface area contributed by atoms with Crippen LogP contribution in [-0.4, -0.2) is 26.9 Å². The third kappa shape index (κ3) is 4.06. The minimum absolute atomic E-state index is 0.312. The van der Waals surface area contributed by atoms with Crippen molar-refractivity contribution in [2.75, 3.05) is 26.9 Å². The maximum absolute atomic E-state index is 12.0. The maximum atomic E-state index is 12.0. The quantitative estimate of drug-likeness (QED) is 0.768. The van der Waals surface area contributed by atoms with Gasteiger partial charge in [0.05, 0.1) is 20.4 Å². The van der Waals surface area contributed by atoms with E-state index in [1.54, 1.807) is 19.2 Å². The summed E-state index contributed by atoms with van der Waals surface area (Å²) in [5, 5.41) is 0.572. The van der Waals surface area contributed by atoms with Gasteiger partial charge in [-0.2, -0.15) is 0 Å². The minimum atomic E-state index is -0.401. The molecule has 1 aromatic rings. The van der Waals surface area contributed by atoms with E-state index >= 15 is 0 Å². The number of hydrogen-bond donors (Lipinski definition) is 1. The molecule has 0 fully saturated rings. The Morgan fingerprint density at radius 2 is 2.18 bits per heavy atom. The summed E-state index contributed by atoms with van der Waals surface area (Å²) in [5.41, 5.74) is 6.41. The van der Waals surface area contributed by atoms with Gasteiger partial charge in [0.2, 0.25) is 0 Å². The summed E-state index contributed by atoms with van der Waals surface area (Å²) in [6.07, 6.45) is 0.996. The minimum Gasteiger partial charge on any atom is -0.493 e. The molecule has 0 heterocycles. The second-order valence-corrected chi connectivity index (χ2v) is 3.96. The number of ether oxygens (including phenoxy) is 2. The van der Waals surface area contributed by atoms with Crippen LogP contribution >= 0.6 is 11.6 Å². The van der Waals surface area contributed by atoms with Gasteiger partial charge in [0, 0.05) is 23.1 Å². The van der Waals surface area contributed by atoms with Crippen molar-refractivity contribution < 1.29 is 13.9 Å². The van der Waals surface area contributed by atoms with E-state index in [2.05, 4.69) is 0 Å². The van der Waals surface area contributed by atoms with E-state index in [0.29, 0.717) is 42.5 Å². The molecule has 0 radical (unpaired) electrons. The van der Waals surface area contributed by atoms with Gasteiger partial charge in [-0.25, -0.2) is 0 Å². The van der Waals surface area contributed by atoms with E-state index in [1.165, 1.54) is 0 Å². The molecule has 0 bridgehead atoms. The molecular formula is C12H17ClFNO2. The third-order valence-corrected chi connectivity index (χ3v) is 2.47. The zero-order chi connectivity index (χ0) is 12.7. The lowest BCUT2D eigenvalue weighted by atomic mass is 10.1. The van der Waals surface area contributed by atoms with Gasteiger partial charge >= 0.3 is 0 Å². The summed E-state index contributed by atoms with van der Waals surface area (Å²) in [6, 6.07) is 3.47. The lowest BCUT2D eigenvalue weighted by molar-refractivity contribution is 0.271. The highest BCUT2D eigenvalue weighted by Crippen LogP contribution is 2.35. The Bertz CT molecular complexity index is 361. The van der Waals surface area contributed by atoms with Crippen LogP contribution in [0.2, 0.25) is 5.02 Å². The Morgan fingerprint density at radius 3 is 2.76 bits per heavy atom. The molecule has 0 amide bonds. The molecular weight excluding hydrogens is 245 g/mol. The molecule has 0 saturated carbocycles. The first-order chi connectivity index (χ1) is 8.22. The molecule has 5 heteroatoms. The topological polar surface area (TPSA) is 44.5 Å². The van der Waals surface area contributed by atoms with Gasteiger partial charge < -0.3 is 15.2 Å². The number of methoxy groups -OCH3 is 1. The maximum Gasteiger partial charge on any atom is 0.164 e. The number of halogens is 2. The SMILES string of the molecule is COc1cc(Cl)cc(CCN)c1OCCCF. The summed E-state index contributed by atoms with van der Waals surface area (Å²) >= 11 is 5.96. The van der Waals surface area contributed by atoms with Crippen molar-refractivity contribution in [1.29, 1.82) is 0 Å². The number of nitrogens with two attached hydrogens (primary N) is 1. The first-order valence-corrected chi connectivity index (χ1v) is 5.86. The molecule has 0 aliphatic carbocycles. The van der Waals surface area contributed by atoms with E-state index in [0.717, 1.165) is 5.56 Å². The normalized spacial score (nSPS) is 10.4. The van der Waals surface area contributed by atoms with Gasteiger partial charge in [-0.05, 0) is 19.0 Å². The predicted octanol–water partition coefficient (Wildman–Crippen LogP) is 2.59. The molecule has 96 valence electrons. The summed E-state index contributed by atoms with van der Waals surface area (Å²) < 4.78 is 22.8. The zero-order valence-corrected chi connectivity index (χ0v) is 10.6. The number of benzene rings is 1. The van der Waals surface area contributed by atoms with Gasteiger partial charge in [0.25, 0.3) is 0 Å². The van der Waals surface area contributed by atoms with Crippen LogP contribution in [0.5, 0.6) is 11.5 Å². The van der Waals surface area contributed by atoms with Gasteiger partial charge in [-0.1, -0.05) is 11.6 Å². The summed E-state index contributed by atoms with van der Waals surface area (Å²) in [6.45, 7) is 0.400. The monoisotopic (exact) mass is 261 g/mol. The van der Waals surface area contributed by atoms with Crippen molar-refractivity contribution in [3.8, 4) is 11.5 Å². The molecule has 1 aromatic carbocycles. The molecule has 0 unspecified atom stereocenters. The Hall–Kier alpha value is -1.00. The lowest BCUT2D eigenvalue weighted by Crippen LogP contribution is -2.07. The Kier molecular flexibility index (Phi) is 6.08. The molecule has 0 aromatic heterocycles. The first kappa shape index (κ1) is 14.1. The van der Waals surface area contributed by atoms with Crippen molar-refractivity contribution in [3.05, 3.63) is 22.7 Å². The van der Waals surface area contributed by atoms with Gasteiger partial charge in [0.15, 0.2) is 11.5 Å². The summed E-state index contributed by atoms with van der Waals surface area (Å²) in [7, 11) is 1.54. The first-order valence-electron chi connectivity index (χ1n) is 5.48. The van der Waals surface area contributed by atoms with Crippen LogP contribution in [-0.2, 0) is 6.42 Å². The second-order valence-electron chi connectivity index (χ2n) is 3.53. The molecule has 3 nitrogen and oxygen atoms in total. The van der Waals surface area contributed by atoms with E-state index in [-0.39, 0.29) is 0 Å². The van der Waals surface area contributed by atoms with Crippen LogP contribution in [0.25, 0.3) is 0 Å². The highest BCUT2D eigenvalue weighted by Gasteiger charge is 2.12. The Labute approximate surface area is 106 Å². The van der Waals surface area contributed by atoms with Crippen molar-refractivity contribution in [3.63, 3.8) is 0 Å². The molecule has 0 spiro atoms. The lowest BCUT2D eigenvalue weighted by Gasteiger charge is -2.15. The molecule has 17 heavy (non-hydrogen) atoms. The van der Waals surface area contributed by atoms with Gasteiger partial charge in [-0.15, -0.1) is 0 Å². The van der Waals surface area contributed by atoms with Crippen LogP contribution in [0.1, 0.15) is 12.0 Å². The van der Waals surface area contributed by atoms with E-state index in [4.69, 9.17) is 26.8 Å². The van der Waals surface area contributed by atoms with Crippen molar-refractivity contribution >= 4 is 11.6 Å². The molecule has 2 N–H and O–H groups in total. The fourth-order valence-corrected chi connectivity index (χ4v) is 1.74. The molecule has 0 saturated heterocycles. The smallest absolute Gasteiger partial charge is 0.164 e. The highest BCUT2D eigenvalue weighted by atomic mass is 35.5. The van der Waals surface area contributed by atoms with E-state index in [1.807, 2.05) is 0 Å². The third-order valence-electron chi connectivity index (χ3n) is 2.25. The summed E-state index contributed by atoms with van der Waals surface area (Å²) in [5.74, 6) is 1.16. The van der Waals surface area contributed by atoms with E-state index in [9.17, 15) is 4.39 Å². The highest BCUT2D eigenvalue weighted by molar-refractivity contribution is 6.30. The Morgan fingerprint density at radius 1 is 1.41 bits per heavy atom. The zero-order valence-electron chi connectivity index (χ0n) is 9.84. The molecule has 0 atom stereocenters. The van der Waals surface area contributed by atoms with Crippen molar-refractivity contribution in [1.82, 2.24) is 0 Å². The largest absolute Gasteiger partial charge is 0.493 e. The van der Waals surface area contributed by atoms with Crippen molar-refractivity contribution in [2.45, 2.75) is 12.8 Å². The van der Waals surface area contributed by atoms with Crippen LogP contribution in [0.4, 0.5) is 4.39 Å². The number of alkyl halides is 1. The molecule has 0 aliphatic rings. The standard InChI is InChI=1S/C12H17ClFNO2/c1-16-11-8-10(13)7-9(3-5-15)12(11)17-6-2-4-14/h7-8H,2-6,15H2,1H3. The average Bonchev–Trinajstić information content (AvgIpc) is 2.31. The predicted molar refractivity (Wildman–Crippen MR) is 66.8 cm³/mol. The number of hydrogen-bond acceptors (Lipinski definition) is 3. The molecule has 0 aliphatic heterocycles. The number of rotatable bonds is 7. The fourth-order valence-electron chi connectivity index (χ4n) is 1.51. The van der Waals surface area contributed by atoms with Crippen LogP contribution in [0.15, 0.2) is 12.1 Å². The van der Waals surface area contributed by atoms with E-state index < -0.39 is 6.67 Å². The average molecular weight is 262 g/mol. The fraction of sp³-hybridized carbons (Fsp3) is 0.500. The molecule has 1 rings (SSSR count). The van der Waals surface area contributed by atoms with Crippen LogP contribution in [0.3, 0.4) is 0 Å². The second kappa shape index (κ2) is 7.35. The van der Waals surface area contributed by atoms with Gasteiger partial charge in [0.1, 0.15) is 0 Å². The Balaban J connectivity index is 2.94. The van der Waals surface area contributed by atoms with Gasteiger partial charge in [-0.3, -0.25) is 4.39 Å².